The van der Waals surface area contributed by atoms with Crippen molar-refractivity contribution in [2.24, 2.45) is 0 Å². The molecular weight excluding hydrogens is 455 g/mol. The third kappa shape index (κ3) is 6.34. The monoisotopic (exact) mass is 471 g/mol. The molecule has 0 bridgehead atoms. The number of halogens is 4. The summed E-state index contributed by atoms with van der Waals surface area (Å²) >= 11 is 5.63. The summed E-state index contributed by atoms with van der Waals surface area (Å²) in [6.45, 7) is 1.76. The molecule has 0 saturated carbocycles. The van der Waals surface area contributed by atoms with Crippen LogP contribution in [-0.2, 0) is 11.0 Å². The number of alkyl halides is 3. The van der Waals surface area contributed by atoms with Gasteiger partial charge in [-0.3, -0.25) is 4.79 Å². The van der Waals surface area contributed by atoms with Gasteiger partial charge in [0.05, 0.1) is 10.6 Å². The Morgan fingerprint density at radius 1 is 1.18 bits per heavy atom. The highest BCUT2D eigenvalue weighted by molar-refractivity contribution is 6.31. The molecule has 168 valence electrons. The van der Waals surface area contributed by atoms with Gasteiger partial charge in [-0.2, -0.15) is 18.4 Å². The minimum absolute atomic E-state index is 0.0147. The Morgan fingerprint density at radius 3 is 2.64 bits per heavy atom. The molecule has 0 aliphatic rings. The molecule has 0 fully saturated rings. The van der Waals surface area contributed by atoms with Crippen molar-refractivity contribution in [2.75, 3.05) is 5.32 Å². The van der Waals surface area contributed by atoms with Crippen molar-refractivity contribution in [3.63, 3.8) is 0 Å². The zero-order valence-electron chi connectivity index (χ0n) is 17.3. The van der Waals surface area contributed by atoms with Gasteiger partial charge in [0.15, 0.2) is 0 Å². The number of hydrogen-bond acceptors (Lipinski definition) is 4. The molecule has 0 radical (unpaired) electrons. The van der Waals surface area contributed by atoms with Crippen LogP contribution in [-0.4, -0.2) is 10.9 Å². The number of nitriles is 1. The SMILES string of the molecule is CCC(=Cc1cccc(Oc2ccnc(C#N)c2)c1)C(=O)Nc1ccc(Cl)c(C(F)(F)F)c1. The third-order valence-electron chi connectivity index (χ3n) is 4.48. The molecule has 3 aromatic rings. The second-order valence-corrected chi connectivity index (χ2v) is 7.24. The highest BCUT2D eigenvalue weighted by Gasteiger charge is 2.33. The smallest absolute Gasteiger partial charge is 0.417 e. The summed E-state index contributed by atoms with van der Waals surface area (Å²) < 4.78 is 45.0. The summed E-state index contributed by atoms with van der Waals surface area (Å²) in [6, 6.07) is 15.1. The highest BCUT2D eigenvalue weighted by Crippen LogP contribution is 2.36. The van der Waals surface area contributed by atoms with E-state index in [2.05, 4.69) is 10.3 Å². The largest absolute Gasteiger partial charge is 0.457 e. The molecule has 0 spiro atoms. The standard InChI is InChI=1S/C24H17ClF3N3O2/c1-2-16(23(32)31-17-6-7-22(25)21(13-17)24(26,27)28)10-15-4-3-5-19(11-15)33-20-8-9-30-18(12-20)14-29/h3-13H,2H2,1H3,(H,31,32). The molecule has 3 rings (SSSR count). The number of carbonyl (C=O) groups is 1. The minimum Gasteiger partial charge on any atom is -0.457 e. The predicted octanol–water partition coefficient (Wildman–Crippen LogP) is 6.85. The van der Waals surface area contributed by atoms with E-state index < -0.39 is 22.7 Å². The van der Waals surface area contributed by atoms with Gasteiger partial charge in [-0.25, -0.2) is 4.98 Å². The van der Waals surface area contributed by atoms with E-state index in [1.54, 1.807) is 43.3 Å². The van der Waals surface area contributed by atoms with Gasteiger partial charge in [-0.15, -0.1) is 0 Å². The van der Waals surface area contributed by atoms with Crippen molar-refractivity contribution >= 4 is 29.3 Å². The Balaban J connectivity index is 1.80. The molecule has 9 heteroatoms. The number of carbonyl (C=O) groups excluding carboxylic acids is 1. The Labute approximate surface area is 193 Å². The summed E-state index contributed by atoms with van der Waals surface area (Å²) in [7, 11) is 0. The summed E-state index contributed by atoms with van der Waals surface area (Å²) in [6.07, 6.45) is -1.22. The number of rotatable bonds is 6. The second kappa shape index (κ2) is 10.2. The van der Waals surface area contributed by atoms with E-state index in [0.29, 0.717) is 29.1 Å². The number of pyridine rings is 1. The number of nitrogens with one attached hydrogen (secondary N) is 1. The minimum atomic E-state index is -4.63. The first-order valence-corrected chi connectivity index (χ1v) is 10.1. The van der Waals surface area contributed by atoms with Crippen molar-refractivity contribution in [3.05, 3.63) is 88.2 Å². The number of hydrogen-bond donors (Lipinski definition) is 1. The van der Waals surface area contributed by atoms with Crippen molar-refractivity contribution in [1.82, 2.24) is 4.98 Å². The first-order chi connectivity index (χ1) is 15.7. The van der Waals surface area contributed by atoms with E-state index in [9.17, 15) is 18.0 Å². The molecule has 0 aliphatic heterocycles. The van der Waals surface area contributed by atoms with Gasteiger partial charge in [-0.05, 0) is 54.5 Å². The normalized spacial score (nSPS) is 11.6. The van der Waals surface area contributed by atoms with E-state index in [0.717, 1.165) is 12.1 Å². The Hall–Kier alpha value is -3.83. The summed E-state index contributed by atoms with van der Waals surface area (Å²) in [5.41, 5.74) is 0.181. The number of benzene rings is 2. The van der Waals surface area contributed by atoms with Gasteiger partial charge >= 0.3 is 6.18 Å². The molecule has 33 heavy (non-hydrogen) atoms. The molecule has 2 aromatic carbocycles. The van der Waals surface area contributed by atoms with E-state index >= 15 is 0 Å². The van der Waals surface area contributed by atoms with Crippen molar-refractivity contribution < 1.29 is 22.7 Å². The van der Waals surface area contributed by atoms with Crippen LogP contribution in [0.5, 0.6) is 11.5 Å². The maximum Gasteiger partial charge on any atom is 0.417 e. The average Bonchev–Trinajstić information content (AvgIpc) is 2.78. The average molecular weight is 472 g/mol. The number of anilines is 1. The molecule has 1 aromatic heterocycles. The lowest BCUT2D eigenvalue weighted by molar-refractivity contribution is -0.137. The highest BCUT2D eigenvalue weighted by atomic mass is 35.5. The van der Waals surface area contributed by atoms with Gasteiger partial charge in [0.2, 0.25) is 0 Å². The molecule has 0 aliphatic carbocycles. The van der Waals surface area contributed by atoms with Gasteiger partial charge in [0, 0.05) is 23.5 Å². The van der Waals surface area contributed by atoms with E-state index in [-0.39, 0.29) is 11.4 Å². The molecule has 0 saturated heterocycles. The topological polar surface area (TPSA) is 75.0 Å². The molecule has 5 nitrogen and oxygen atoms in total. The first-order valence-electron chi connectivity index (χ1n) is 9.72. The van der Waals surface area contributed by atoms with E-state index in [4.69, 9.17) is 21.6 Å². The maximum absolute atomic E-state index is 13.1. The van der Waals surface area contributed by atoms with Crippen LogP contribution in [0.1, 0.15) is 30.2 Å². The van der Waals surface area contributed by atoms with Crippen LogP contribution in [0.25, 0.3) is 6.08 Å². The molecule has 1 N–H and O–H groups in total. The van der Waals surface area contributed by atoms with Crippen LogP contribution in [0.3, 0.4) is 0 Å². The molecule has 0 atom stereocenters. The lowest BCUT2D eigenvalue weighted by atomic mass is 10.1. The predicted molar refractivity (Wildman–Crippen MR) is 119 cm³/mol. The van der Waals surface area contributed by atoms with Crippen molar-refractivity contribution in [1.29, 1.82) is 5.26 Å². The van der Waals surface area contributed by atoms with Crippen LogP contribution < -0.4 is 10.1 Å². The lowest BCUT2D eigenvalue weighted by Gasteiger charge is -2.13. The number of amides is 1. The Morgan fingerprint density at radius 2 is 1.94 bits per heavy atom. The van der Waals surface area contributed by atoms with Crippen molar-refractivity contribution in [2.45, 2.75) is 19.5 Å². The van der Waals surface area contributed by atoms with Gasteiger partial charge in [0.1, 0.15) is 23.3 Å². The fraction of sp³-hybridized carbons (Fsp3) is 0.125. The fourth-order valence-electron chi connectivity index (χ4n) is 2.90. The summed E-state index contributed by atoms with van der Waals surface area (Å²) in [5, 5.41) is 11.0. The Bertz CT molecular complexity index is 1250. The zero-order chi connectivity index (χ0) is 24.0. The number of ether oxygens (including phenoxy) is 1. The van der Waals surface area contributed by atoms with Crippen LogP contribution in [0.15, 0.2) is 66.4 Å². The zero-order valence-corrected chi connectivity index (χ0v) is 18.0. The third-order valence-corrected chi connectivity index (χ3v) is 4.81. The molecule has 1 heterocycles. The second-order valence-electron chi connectivity index (χ2n) is 6.83. The van der Waals surface area contributed by atoms with Crippen LogP contribution in [0.2, 0.25) is 5.02 Å². The van der Waals surface area contributed by atoms with Gasteiger partial charge in [-0.1, -0.05) is 30.7 Å². The van der Waals surface area contributed by atoms with Gasteiger partial charge < -0.3 is 10.1 Å². The maximum atomic E-state index is 13.1. The first kappa shape index (κ1) is 23.8. The van der Waals surface area contributed by atoms with Crippen LogP contribution in [0, 0.1) is 11.3 Å². The number of aromatic nitrogens is 1. The van der Waals surface area contributed by atoms with Crippen molar-refractivity contribution in [3.8, 4) is 17.6 Å². The molecule has 1 amide bonds. The van der Waals surface area contributed by atoms with E-state index in [1.165, 1.54) is 18.3 Å². The van der Waals surface area contributed by atoms with Gasteiger partial charge in [0.25, 0.3) is 5.91 Å². The fourth-order valence-corrected chi connectivity index (χ4v) is 3.13. The molecule has 0 unspecified atom stereocenters. The lowest BCUT2D eigenvalue weighted by Crippen LogP contribution is -2.15. The molecular formula is C24H17ClF3N3O2. The van der Waals surface area contributed by atoms with Crippen LogP contribution in [0.4, 0.5) is 18.9 Å². The quantitative estimate of drug-likeness (QED) is 0.399. The van der Waals surface area contributed by atoms with E-state index in [1.807, 2.05) is 6.07 Å². The summed E-state index contributed by atoms with van der Waals surface area (Å²) in [5.74, 6) is 0.369. The summed E-state index contributed by atoms with van der Waals surface area (Å²) in [4.78, 5) is 16.6. The number of nitrogens with zero attached hydrogens (tertiary/aromatic N) is 2. The Kier molecular flexibility index (Phi) is 7.36. The van der Waals surface area contributed by atoms with Crippen LogP contribution >= 0.6 is 11.6 Å².